The monoisotopic (exact) mass is 291 g/mol. The second-order valence-corrected chi connectivity index (χ2v) is 5.55. The molecule has 0 atom stereocenters. The van der Waals surface area contributed by atoms with Gasteiger partial charge >= 0.3 is 0 Å². The number of carbonyl (C=O) groups excluding carboxylic acids is 1. The van der Waals surface area contributed by atoms with Crippen molar-refractivity contribution in [2.75, 3.05) is 37.8 Å². The molecule has 0 aliphatic carbocycles. The summed E-state index contributed by atoms with van der Waals surface area (Å²) < 4.78 is 5.36. The Labute approximate surface area is 126 Å². The van der Waals surface area contributed by atoms with Gasteiger partial charge in [-0.2, -0.15) is 0 Å². The van der Waals surface area contributed by atoms with Crippen molar-refractivity contribution in [2.24, 2.45) is 0 Å². The van der Waals surface area contributed by atoms with Gasteiger partial charge in [0, 0.05) is 38.0 Å². The summed E-state index contributed by atoms with van der Waals surface area (Å²) in [7, 11) is 1.78. The lowest BCUT2D eigenvalue weighted by Gasteiger charge is -2.31. The molecule has 116 valence electrons. The zero-order chi connectivity index (χ0) is 15.1. The van der Waals surface area contributed by atoms with Gasteiger partial charge in [-0.3, -0.25) is 4.79 Å². The number of amides is 1. The van der Waals surface area contributed by atoms with Crippen LogP contribution in [0.25, 0.3) is 0 Å². The zero-order valence-electron chi connectivity index (χ0n) is 12.7. The Morgan fingerprint density at radius 3 is 2.86 bits per heavy atom. The Hall–Kier alpha value is -1.59. The number of likely N-dealkylation sites (tertiary alicyclic amines) is 1. The highest BCUT2D eigenvalue weighted by molar-refractivity contribution is 5.91. The summed E-state index contributed by atoms with van der Waals surface area (Å²) >= 11 is 0. The molecule has 3 N–H and O–H groups in total. The molecule has 1 amide bonds. The van der Waals surface area contributed by atoms with E-state index >= 15 is 0 Å². The van der Waals surface area contributed by atoms with Crippen molar-refractivity contribution in [3.05, 3.63) is 24.3 Å². The molecule has 1 aromatic rings. The standard InChI is InChI=1S/C16H25N3O2/c1-21-15-7-10-19(11-8-15)9-3-6-16(20)18-14-5-2-4-13(17)12-14/h2,4-5,12,15H,3,6-11,17H2,1H3,(H,18,20). The van der Waals surface area contributed by atoms with Crippen molar-refractivity contribution in [2.45, 2.75) is 31.8 Å². The van der Waals surface area contributed by atoms with Crippen LogP contribution < -0.4 is 11.1 Å². The molecule has 1 aliphatic heterocycles. The van der Waals surface area contributed by atoms with Gasteiger partial charge in [0.25, 0.3) is 0 Å². The summed E-state index contributed by atoms with van der Waals surface area (Å²) in [5.41, 5.74) is 7.11. The smallest absolute Gasteiger partial charge is 0.224 e. The van der Waals surface area contributed by atoms with Crippen LogP contribution in [0.2, 0.25) is 0 Å². The number of piperidine rings is 1. The van der Waals surface area contributed by atoms with E-state index in [1.54, 1.807) is 19.2 Å². The molecule has 1 aromatic carbocycles. The van der Waals surface area contributed by atoms with E-state index in [1.807, 2.05) is 12.1 Å². The molecule has 0 spiro atoms. The van der Waals surface area contributed by atoms with E-state index in [2.05, 4.69) is 10.2 Å². The molecule has 5 heteroatoms. The van der Waals surface area contributed by atoms with Crippen LogP contribution in [0.5, 0.6) is 0 Å². The lowest BCUT2D eigenvalue weighted by Crippen LogP contribution is -2.37. The summed E-state index contributed by atoms with van der Waals surface area (Å²) in [5.74, 6) is 0.0485. The summed E-state index contributed by atoms with van der Waals surface area (Å²) in [6.45, 7) is 3.10. The topological polar surface area (TPSA) is 67.6 Å². The fourth-order valence-corrected chi connectivity index (χ4v) is 2.67. The molecule has 2 rings (SSSR count). The molecule has 0 aromatic heterocycles. The maximum absolute atomic E-state index is 11.9. The first-order chi connectivity index (χ1) is 10.2. The SMILES string of the molecule is COC1CCN(CCCC(=O)Nc2cccc(N)c2)CC1. The Kier molecular flexibility index (Phi) is 6.02. The predicted molar refractivity (Wildman–Crippen MR) is 85.2 cm³/mol. The fourth-order valence-electron chi connectivity index (χ4n) is 2.67. The average molecular weight is 291 g/mol. The number of hydrogen-bond donors (Lipinski definition) is 2. The van der Waals surface area contributed by atoms with Gasteiger partial charge in [-0.1, -0.05) is 6.07 Å². The number of carbonyl (C=O) groups is 1. The van der Waals surface area contributed by atoms with Crippen molar-refractivity contribution in [1.29, 1.82) is 0 Å². The second-order valence-electron chi connectivity index (χ2n) is 5.55. The Balaban J connectivity index is 1.63. The van der Waals surface area contributed by atoms with Gasteiger partial charge in [0.15, 0.2) is 0 Å². The van der Waals surface area contributed by atoms with Gasteiger partial charge in [0.05, 0.1) is 6.10 Å². The van der Waals surface area contributed by atoms with E-state index in [9.17, 15) is 4.79 Å². The van der Waals surface area contributed by atoms with Gasteiger partial charge in [0.1, 0.15) is 0 Å². The van der Waals surface area contributed by atoms with Crippen molar-refractivity contribution < 1.29 is 9.53 Å². The molecule has 1 fully saturated rings. The first kappa shape index (κ1) is 15.8. The minimum absolute atomic E-state index is 0.0485. The Bertz CT molecular complexity index is 457. The molecule has 5 nitrogen and oxygen atoms in total. The van der Waals surface area contributed by atoms with Gasteiger partial charge in [-0.15, -0.1) is 0 Å². The minimum atomic E-state index is 0.0485. The first-order valence-corrected chi connectivity index (χ1v) is 7.58. The molecular weight excluding hydrogens is 266 g/mol. The van der Waals surface area contributed by atoms with Crippen molar-refractivity contribution in [3.63, 3.8) is 0 Å². The molecule has 0 radical (unpaired) electrons. The lowest BCUT2D eigenvalue weighted by molar-refractivity contribution is -0.116. The van der Waals surface area contributed by atoms with Gasteiger partial charge in [-0.25, -0.2) is 0 Å². The number of nitrogens with two attached hydrogens (primary N) is 1. The molecule has 1 aliphatic rings. The lowest BCUT2D eigenvalue weighted by atomic mass is 10.1. The molecule has 0 saturated carbocycles. The third-order valence-corrected chi connectivity index (χ3v) is 3.92. The van der Waals surface area contributed by atoms with Crippen molar-refractivity contribution in [3.8, 4) is 0 Å². The Morgan fingerprint density at radius 1 is 1.43 bits per heavy atom. The average Bonchev–Trinajstić information content (AvgIpc) is 2.48. The highest BCUT2D eigenvalue weighted by Gasteiger charge is 2.18. The predicted octanol–water partition coefficient (Wildman–Crippen LogP) is 2.10. The number of nitrogens with one attached hydrogen (secondary N) is 1. The number of nitrogens with zero attached hydrogens (tertiary/aromatic N) is 1. The molecule has 0 unspecified atom stereocenters. The first-order valence-electron chi connectivity index (χ1n) is 7.58. The van der Waals surface area contributed by atoms with Crippen LogP contribution in [0, 0.1) is 0 Å². The normalized spacial score (nSPS) is 16.8. The summed E-state index contributed by atoms with van der Waals surface area (Å²) in [5, 5.41) is 2.88. The van der Waals surface area contributed by atoms with Crippen LogP contribution in [0.3, 0.4) is 0 Å². The maximum atomic E-state index is 11.9. The number of hydrogen-bond acceptors (Lipinski definition) is 4. The number of rotatable bonds is 6. The summed E-state index contributed by atoms with van der Waals surface area (Å²) in [6.07, 6.45) is 4.01. The number of ether oxygens (including phenoxy) is 1. The zero-order valence-corrected chi connectivity index (χ0v) is 12.7. The summed E-state index contributed by atoms with van der Waals surface area (Å²) in [4.78, 5) is 14.3. The van der Waals surface area contributed by atoms with Gasteiger partial charge in [-0.05, 0) is 44.0 Å². The minimum Gasteiger partial charge on any atom is -0.399 e. The van der Waals surface area contributed by atoms with Crippen LogP contribution in [-0.2, 0) is 9.53 Å². The van der Waals surface area contributed by atoms with Crippen LogP contribution in [0.4, 0.5) is 11.4 Å². The van der Waals surface area contributed by atoms with Crippen LogP contribution in [0.1, 0.15) is 25.7 Å². The van der Waals surface area contributed by atoms with E-state index < -0.39 is 0 Å². The molecule has 1 heterocycles. The van der Waals surface area contributed by atoms with Crippen molar-refractivity contribution in [1.82, 2.24) is 4.90 Å². The Morgan fingerprint density at radius 2 is 2.19 bits per heavy atom. The number of anilines is 2. The molecule has 0 bridgehead atoms. The number of benzene rings is 1. The van der Waals surface area contributed by atoms with Gasteiger partial charge < -0.3 is 20.7 Å². The van der Waals surface area contributed by atoms with E-state index in [0.29, 0.717) is 18.2 Å². The van der Waals surface area contributed by atoms with E-state index in [0.717, 1.165) is 44.6 Å². The molecular formula is C16H25N3O2. The van der Waals surface area contributed by atoms with E-state index in [-0.39, 0.29) is 5.91 Å². The highest BCUT2D eigenvalue weighted by Crippen LogP contribution is 2.14. The number of methoxy groups -OCH3 is 1. The summed E-state index contributed by atoms with van der Waals surface area (Å²) in [6, 6.07) is 7.27. The third kappa shape index (κ3) is 5.36. The molecule has 21 heavy (non-hydrogen) atoms. The van der Waals surface area contributed by atoms with E-state index in [4.69, 9.17) is 10.5 Å². The van der Waals surface area contributed by atoms with Crippen LogP contribution in [0.15, 0.2) is 24.3 Å². The van der Waals surface area contributed by atoms with Crippen LogP contribution >= 0.6 is 0 Å². The highest BCUT2D eigenvalue weighted by atomic mass is 16.5. The van der Waals surface area contributed by atoms with Crippen molar-refractivity contribution >= 4 is 17.3 Å². The quantitative estimate of drug-likeness (QED) is 0.788. The largest absolute Gasteiger partial charge is 0.399 e. The van der Waals surface area contributed by atoms with Crippen LogP contribution in [-0.4, -0.2) is 43.7 Å². The van der Waals surface area contributed by atoms with E-state index in [1.165, 1.54) is 0 Å². The molecule has 1 saturated heterocycles. The van der Waals surface area contributed by atoms with Gasteiger partial charge in [0.2, 0.25) is 5.91 Å². The fraction of sp³-hybridized carbons (Fsp3) is 0.562. The maximum Gasteiger partial charge on any atom is 0.224 e. The number of nitrogen functional groups attached to an aromatic ring is 1. The third-order valence-electron chi connectivity index (χ3n) is 3.92. The second kappa shape index (κ2) is 8.00.